The molecule has 4 rings (SSSR count). The Bertz CT molecular complexity index is 904. The zero-order chi connectivity index (χ0) is 18.6. The second-order valence-electron chi connectivity index (χ2n) is 6.99. The molecule has 3 aromatic rings. The first-order chi connectivity index (χ1) is 13.2. The van der Waals surface area contributed by atoms with Crippen LogP contribution in [0.2, 0.25) is 0 Å². The molecule has 0 aliphatic carbocycles. The SMILES string of the molecule is CCc1cccc(OCC(=O)N2CCC[C@H](c3nc4ccccc4s3)C2)c1. The Morgan fingerprint density at radius 3 is 3.00 bits per heavy atom. The number of rotatable bonds is 5. The highest BCUT2D eigenvalue weighted by Crippen LogP contribution is 2.33. The van der Waals surface area contributed by atoms with Crippen LogP contribution in [-0.2, 0) is 11.2 Å². The molecule has 27 heavy (non-hydrogen) atoms. The lowest BCUT2D eigenvalue weighted by Gasteiger charge is -2.31. The summed E-state index contributed by atoms with van der Waals surface area (Å²) in [5, 5.41) is 1.14. The van der Waals surface area contributed by atoms with Crippen LogP contribution in [0.3, 0.4) is 0 Å². The lowest BCUT2D eigenvalue weighted by atomic mass is 9.99. The van der Waals surface area contributed by atoms with Crippen molar-refractivity contribution in [3.8, 4) is 5.75 Å². The van der Waals surface area contributed by atoms with Gasteiger partial charge in [0.15, 0.2) is 6.61 Å². The van der Waals surface area contributed by atoms with Gasteiger partial charge in [-0.05, 0) is 49.1 Å². The highest BCUT2D eigenvalue weighted by Gasteiger charge is 2.27. The van der Waals surface area contributed by atoms with Gasteiger partial charge in [0.05, 0.1) is 15.2 Å². The lowest BCUT2D eigenvalue weighted by Crippen LogP contribution is -2.41. The quantitative estimate of drug-likeness (QED) is 0.647. The fourth-order valence-electron chi connectivity index (χ4n) is 3.56. The fraction of sp³-hybridized carbons (Fsp3) is 0.364. The van der Waals surface area contributed by atoms with Crippen molar-refractivity contribution in [2.75, 3.05) is 19.7 Å². The largest absolute Gasteiger partial charge is 0.484 e. The number of aryl methyl sites for hydroxylation is 1. The minimum Gasteiger partial charge on any atom is -0.484 e. The Morgan fingerprint density at radius 2 is 2.15 bits per heavy atom. The summed E-state index contributed by atoms with van der Waals surface area (Å²) in [6.45, 7) is 3.75. The number of carbonyl (C=O) groups excluding carboxylic acids is 1. The van der Waals surface area contributed by atoms with Gasteiger partial charge in [-0.15, -0.1) is 11.3 Å². The van der Waals surface area contributed by atoms with E-state index in [1.165, 1.54) is 10.3 Å². The lowest BCUT2D eigenvalue weighted by molar-refractivity contribution is -0.134. The number of aromatic nitrogens is 1. The fourth-order valence-corrected chi connectivity index (χ4v) is 4.65. The highest BCUT2D eigenvalue weighted by molar-refractivity contribution is 7.18. The average molecular weight is 381 g/mol. The molecule has 2 aromatic carbocycles. The van der Waals surface area contributed by atoms with Crippen LogP contribution in [0.5, 0.6) is 5.75 Å². The number of fused-ring (bicyclic) bond motifs is 1. The third kappa shape index (κ3) is 4.14. The van der Waals surface area contributed by atoms with Gasteiger partial charge in [-0.2, -0.15) is 0 Å². The van der Waals surface area contributed by atoms with E-state index in [0.29, 0.717) is 5.92 Å². The molecule has 0 unspecified atom stereocenters. The molecule has 1 atom stereocenters. The van der Waals surface area contributed by atoms with Crippen molar-refractivity contribution in [3.05, 3.63) is 59.1 Å². The van der Waals surface area contributed by atoms with E-state index in [9.17, 15) is 4.79 Å². The Labute approximate surface area is 163 Å². The van der Waals surface area contributed by atoms with Crippen LogP contribution in [0.1, 0.15) is 36.3 Å². The van der Waals surface area contributed by atoms with Crippen molar-refractivity contribution >= 4 is 27.5 Å². The molecule has 0 spiro atoms. The second-order valence-corrected chi connectivity index (χ2v) is 8.05. The maximum absolute atomic E-state index is 12.7. The van der Waals surface area contributed by atoms with Gasteiger partial charge >= 0.3 is 0 Å². The number of amides is 1. The van der Waals surface area contributed by atoms with Crippen LogP contribution < -0.4 is 4.74 Å². The molecule has 5 heteroatoms. The number of hydrogen-bond donors (Lipinski definition) is 0. The number of thiazole rings is 1. The summed E-state index contributed by atoms with van der Waals surface area (Å²) in [6, 6.07) is 16.2. The molecule has 0 bridgehead atoms. The molecule has 4 nitrogen and oxygen atoms in total. The molecule has 1 aromatic heterocycles. The molecule has 1 aliphatic rings. The zero-order valence-corrected chi connectivity index (χ0v) is 16.4. The molecule has 1 amide bonds. The molecule has 1 fully saturated rings. The number of piperidine rings is 1. The van der Waals surface area contributed by atoms with E-state index in [2.05, 4.69) is 25.1 Å². The molecular weight excluding hydrogens is 356 g/mol. The van der Waals surface area contributed by atoms with Crippen LogP contribution in [0.15, 0.2) is 48.5 Å². The molecule has 1 saturated heterocycles. The van der Waals surface area contributed by atoms with Gasteiger partial charge in [0.25, 0.3) is 5.91 Å². The molecule has 140 valence electrons. The predicted molar refractivity (Wildman–Crippen MR) is 109 cm³/mol. The first-order valence-electron chi connectivity index (χ1n) is 9.58. The van der Waals surface area contributed by atoms with Crippen LogP contribution in [0.25, 0.3) is 10.2 Å². The molecule has 0 radical (unpaired) electrons. The summed E-state index contributed by atoms with van der Waals surface area (Å²) in [5.41, 5.74) is 2.27. The molecule has 0 N–H and O–H groups in total. The van der Waals surface area contributed by atoms with Crippen LogP contribution in [-0.4, -0.2) is 35.5 Å². The summed E-state index contributed by atoms with van der Waals surface area (Å²) >= 11 is 1.75. The molecular formula is C22H24N2O2S. The van der Waals surface area contributed by atoms with Crippen molar-refractivity contribution in [2.24, 2.45) is 0 Å². The summed E-state index contributed by atoms with van der Waals surface area (Å²) in [4.78, 5) is 19.4. The summed E-state index contributed by atoms with van der Waals surface area (Å²) in [6.07, 6.45) is 3.06. The summed E-state index contributed by atoms with van der Waals surface area (Å²) in [5.74, 6) is 1.15. The standard InChI is InChI=1S/C22H24N2O2S/c1-2-16-7-5-9-18(13-16)26-15-21(25)24-12-6-8-17(14-24)22-23-19-10-3-4-11-20(19)27-22/h3-5,7,9-11,13,17H,2,6,8,12,14-15H2,1H3/t17-/m0/s1. The van der Waals surface area contributed by atoms with Crippen molar-refractivity contribution < 1.29 is 9.53 Å². The van der Waals surface area contributed by atoms with Crippen molar-refractivity contribution in [1.82, 2.24) is 9.88 Å². The van der Waals surface area contributed by atoms with Gasteiger partial charge in [-0.3, -0.25) is 4.79 Å². The van der Waals surface area contributed by atoms with E-state index in [-0.39, 0.29) is 12.5 Å². The smallest absolute Gasteiger partial charge is 0.260 e. The van der Waals surface area contributed by atoms with E-state index in [0.717, 1.165) is 48.6 Å². The van der Waals surface area contributed by atoms with E-state index < -0.39 is 0 Å². The van der Waals surface area contributed by atoms with E-state index in [4.69, 9.17) is 9.72 Å². The Hall–Kier alpha value is -2.40. The average Bonchev–Trinajstić information content (AvgIpc) is 3.16. The highest BCUT2D eigenvalue weighted by atomic mass is 32.1. The van der Waals surface area contributed by atoms with E-state index in [1.54, 1.807) is 11.3 Å². The maximum atomic E-state index is 12.7. The van der Waals surface area contributed by atoms with Gasteiger partial charge in [0.1, 0.15) is 5.75 Å². The predicted octanol–water partition coefficient (Wildman–Crippen LogP) is 4.64. The normalized spacial score (nSPS) is 17.2. The number of benzene rings is 2. The van der Waals surface area contributed by atoms with Gasteiger partial charge < -0.3 is 9.64 Å². The molecule has 1 aliphatic heterocycles. The Kier molecular flexibility index (Phi) is 5.39. The second kappa shape index (κ2) is 8.09. The van der Waals surface area contributed by atoms with Crippen molar-refractivity contribution in [3.63, 3.8) is 0 Å². The van der Waals surface area contributed by atoms with Crippen LogP contribution in [0.4, 0.5) is 0 Å². The third-order valence-corrected chi connectivity index (χ3v) is 6.30. The number of likely N-dealkylation sites (tertiary alicyclic amines) is 1. The number of para-hydroxylation sites is 1. The number of nitrogens with zero attached hydrogens (tertiary/aromatic N) is 2. The van der Waals surface area contributed by atoms with Gasteiger partial charge in [0, 0.05) is 19.0 Å². The summed E-state index contributed by atoms with van der Waals surface area (Å²) < 4.78 is 6.97. The van der Waals surface area contributed by atoms with Crippen LogP contribution >= 0.6 is 11.3 Å². The zero-order valence-electron chi connectivity index (χ0n) is 15.6. The molecule has 0 saturated carbocycles. The third-order valence-electron chi connectivity index (χ3n) is 5.10. The maximum Gasteiger partial charge on any atom is 0.260 e. The van der Waals surface area contributed by atoms with Gasteiger partial charge in [-0.25, -0.2) is 4.98 Å². The monoisotopic (exact) mass is 380 g/mol. The number of ether oxygens (including phenoxy) is 1. The molecule has 2 heterocycles. The van der Waals surface area contributed by atoms with E-state index >= 15 is 0 Å². The minimum absolute atomic E-state index is 0.0581. The van der Waals surface area contributed by atoms with E-state index in [1.807, 2.05) is 35.2 Å². The Morgan fingerprint density at radius 1 is 1.26 bits per heavy atom. The van der Waals surface area contributed by atoms with Crippen LogP contribution in [0, 0.1) is 0 Å². The Balaban J connectivity index is 1.39. The first-order valence-corrected chi connectivity index (χ1v) is 10.4. The minimum atomic E-state index is 0.0581. The number of hydrogen-bond acceptors (Lipinski definition) is 4. The first kappa shape index (κ1) is 18.0. The van der Waals surface area contributed by atoms with Crippen molar-refractivity contribution in [2.45, 2.75) is 32.1 Å². The summed E-state index contributed by atoms with van der Waals surface area (Å²) in [7, 11) is 0. The topological polar surface area (TPSA) is 42.4 Å². The van der Waals surface area contributed by atoms with Gasteiger partial charge in [0.2, 0.25) is 0 Å². The van der Waals surface area contributed by atoms with Gasteiger partial charge in [-0.1, -0.05) is 31.2 Å². The van der Waals surface area contributed by atoms with Crippen molar-refractivity contribution in [1.29, 1.82) is 0 Å². The number of carbonyl (C=O) groups is 1.